The van der Waals surface area contributed by atoms with Crippen LogP contribution in [0.4, 0.5) is 0 Å². The highest BCUT2D eigenvalue weighted by atomic mass is 127. The Labute approximate surface area is 184 Å². The molecule has 2 aliphatic heterocycles. The van der Waals surface area contributed by atoms with Crippen LogP contribution in [0.5, 0.6) is 0 Å². The van der Waals surface area contributed by atoms with Crippen molar-refractivity contribution in [3.05, 3.63) is 11.6 Å². The van der Waals surface area contributed by atoms with Gasteiger partial charge >= 0.3 is 0 Å². The van der Waals surface area contributed by atoms with E-state index in [0.717, 1.165) is 63.1 Å². The number of nitrogens with one attached hydrogen (secondary N) is 2. The summed E-state index contributed by atoms with van der Waals surface area (Å²) in [6.07, 6.45) is 8.30. The minimum absolute atomic E-state index is 0. The van der Waals surface area contributed by atoms with Crippen LogP contribution in [0.2, 0.25) is 0 Å². The van der Waals surface area contributed by atoms with Gasteiger partial charge in [0.15, 0.2) is 11.8 Å². The summed E-state index contributed by atoms with van der Waals surface area (Å²) < 4.78 is 13.8. The summed E-state index contributed by atoms with van der Waals surface area (Å²) in [6, 6.07) is 0.399. The molecule has 1 aliphatic carbocycles. The molecule has 3 aliphatic rings. The predicted octanol–water partition coefficient (Wildman–Crippen LogP) is 2.06. The number of nitrogens with zero attached hydrogens (tertiary/aromatic N) is 4. The van der Waals surface area contributed by atoms with E-state index in [1.54, 1.807) is 0 Å². The van der Waals surface area contributed by atoms with Gasteiger partial charge in [0.1, 0.15) is 12.4 Å². The van der Waals surface area contributed by atoms with Crippen molar-refractivity contribution in [2.24, 2.45) is 12.0 Å². The van der Waals surface area contributed by atoms with Crippen LogP contribution in [0.25, 0.3) is 0 Å². The van der Waals surface area contributed by atoms with Crippen LogP contribution in [0.15, 0.2) is 4.99 Å². The maximum absolute atomic E-state index is 6.06. The van der Waals surface area contributed by atoms with Crippen molar-refractivity contribution < 1.29 is 9.47 Å². The molecule has 0 amide bonds. The number of aromatic nitrogens is 3. The van der Waals surface area contributed by atoms with Crippen molar-refractivity contribution in [1.82, 2.24) is 25.4 Å². The maximum atomic E-state index is 6.06. The monoisotopic (exact) mass is 504 g/mol. The standard InChI is InChI=1S/C19H32N6O2.HI/c1-14-23-24-17(25(14)2)13-21-18(20-12-16-5-3-9-26-16)22-15-6-10-27-19(11-15)7-4-8-19;/h15-16H,3-13H2,1-2H3,(H2,20,21,22);1H. The number of aliphatic imine (C=N–C) groups is 1. The Bertz CT molecular complexity index is 669. The summed E-state index contributed by atoms with van der Waals surface area (Å²) in [5.74, 6) is 2.61. The molecule has 3 fully saturated rings. The number of guanidine groups is 1. The third kappa shape index (κ3) is 5.15. The van der Waals surface area contributed by atoms with Gasteiger partial charge in [0, 0.05) is 32.8 Å². The lowest BCUT2D eigenvalue weighted by molar-refractivity contribution is -0.134. The molecule has 158 valence electrons. The zero-order valence-corrected chi connectivity index (χ0v) is 19.3. The van der Waals surface area contributed by atoms with Crippen LogP contribution >= 0.6 is 24.0 Å². The van der Waals surface area contributed by atoms with Crippen LogP contribution in [-0.4, -0.2) is 58.2 Å². The second-order valence-corrected chi connectivity index (χ2v) is 8.12. The number of halogens is 1. The zero-order chi connectivity index (χ0) is 18.7. The molecular weight excluding hydrogens is 471 g/mol. The molecule has 1 aromatic heterocycles. The van der Waals surface area contributed by atoms with Crippen molar-refractivity contribution in [3.63, 3.8) is 0 Å². The van der Waals surface area contributed by atoms with Gasteiger partial charge in [-0.25, -0.2) is 4.99 Å². The summed E-state index contributed by atoms with van der Waals surface area (Å²) >= 11 is 0. The van der Waals surface area contributed by atoms with Gasteiger partial charge in [-0.2, -0.15) is 0 Å². The van der Waals surface area contributed by atoms with Gasteiger partial charge < -0.3 is 24.7 Å². The van der Waals surface area contributed by atoms with Crippen molar-refractivity contribution in [2.75, 3.05) is 19.8 Å². The number of aryl methyl sites for hydroxylation is 1. The molecule has 2 saturated heterocycles. The van der Waals surface area contributed by atoms with E-state index < -0.39 is 0 Å². The fourth-order valence-corrected chi connectivity index (χ4v) is 4.17. The highest BCUT2D eigenvalue weighted by Crippen LogP contribution is 2.42. The van der Waals surface area contributed by atoms with Gasteiger partial charge in [0.25, 0.3) is 0 Å². The van der Waals surface area contributed by atoms with Crippen LogP contribution < -0.4 is 10.6 Å². The summed E-state index contributed by atoms with van der Waals surface area (Å²) in [4.78, 5) is 4.79. The third-order valence-corrected chi connectivity index (χ3v) is 6.18. The fraction of sp³-hybridized carbons (Fsp3) is 0.842. The summed E-state index contributed by atoms with van der Waals surface area (Å²) in [5.41, 5.74) is 0.121. The molecule has 2 N–H and O–H groups in total. The van der Waals surface area contributed by atoms with Gasteiger partial charge in [0.05, 0.1) is 11.7 Å². The minimum atomic E-state index is 0. The van der Waals surface area contributed by atoms with Crippen LogP contribution in [0, 0.1) is 6.92 Å². The van der Waals surface area contributed by atoms with Gasteiger partial charge in [-0.15, -0.1) is 34.2 Å². The molecule has 1 saturated carbocycles. The Hall–Kier alpha value is -0.940. The number of rotatable bonds is 5. The van der Waals surface area contributed by atoms with E-state index >= 15 is 0 Å². The van der Waals surface area contributed by atoms with Crippen molar-refractivity contribution in [1.29, 1.82) is 0 Å². The molecule has 28 heavy (non-hydrogen) atoms. The maximum Gasteiger partial charge on any atom is 0.192 e. The Morgan fingerprint density at radius 1 is 1.25 bits per heavy atom. The molecule has 1 spiro atoms. The molecule has 4 rings (SSSR count). The van der Waals surface area contributed by atoms with Gasteiger partial charge in [-0.05, 0) is 51.9 Å². The van der Waals surface area contributed by atoms with E-state index in [-0.39, 0.29) is 35.7 Å². The molecule has 2 unspecified atom stereocenters. The van der Waals surface area contributed by atoms with Gasteiger partial charge in [-0.1, -0.05) is 0 Å². The molecular formula is C19H33IN6O2. The van der Waals surface area contributed by atoms with Crippen LogP contribution in [0.3, 0.4) is 0 Å². The first-order chi connectivity index (χ1) is 13.1. The fourth-order valence-electron chi connectivity index (χ4n) is 4.17. The SMILES string of the molecule is Cc1nnc(CN=C(NCC2CCCO2)NC2CCOC3(CCC3)C2)n1C.I. The van der Waals surface area contributed by atoms with E-state index in [1.807, 2.05) is 18.5 Å². The van der Waals surface area contributed by atoms with Gasteiger partial charge in [-0.3, -0.25) is 0 Å². The molecule has 0 aromatic carbocycles. The second kappa shape index (κ2) is 9.71. The van der Waals surface area contributed by atoms with E-state index in [4.69, 9.17) is 14.5 Å². The third-order valence-electron chi connectivity index (χ3n) is 6.18. The first kappa shape index (κ1) is 21.8. The molecule has 9 heteroatoms. The first-order valence-corrected chi connectivity index (χ1v) is 10.3. The summed E-state index contributed by atoms with van der Waals surface area (Å²) in [5, 5.41) is 15.5. The van der Waals surface area contributed by atoms with E-state index in [1.165, 1.54) is 19.3 Å². The van der Waals surface area contributed by atoms with Crippen molar-refractivity contribution in [2.45, 2.75) is 76.2 Å². The van der Waals surface area contributed by atoms with Crippen molar-refractivity contribution >= 4 is 29.9 Å². The number of ether oxygens (including phenoxy) is 2. The lowest BCUT2D eigenvalue weighted by Gasteiger charge is -2.47. The van der Waals surface area contributed by atoms with E-state index in [0.29, 0.717) is 12.6 Å². The Morgan fingerprint density at radius 2 is 2.11 bits per heavy atom. The van der Waals surface area contributed by atoms with E-state index in [2.05, 4.69) is 20.8 Å². The average molecular weight is 504 g/mol. The average Bonchev–Trinajstić information content (AvgIpc) is 3.28. The zero-order valence-electron chi connectivity index (χ0n) is 16.9. The van der Waals surface area contributed by atoms with Crippen molar-refractivity contribution in [3.8, 4) is 0 Å². The molecule has 2 atom stereocenters. The highest BCUT2D eigenvalue weighted by Gasteiger charge is 2.42. The molecule has 8 nitrogen and oxygen atoms in total. The molecule has 1 aromatic rings. The first-order valence-electron chi connectivity index (χ1n) is 10.3. The lowest BCUT2D eigenvalue weighted by Crippen LogP contribution is -2.54. The van der Waals surface area contributed by atoms with E-state index in [9.17, 15) is 0 Å². The Balaban J connectivity index is 0.00000225. The van der Waals surface area contributed by atoms with Crippen LogP contribution in [-0.2, 0) is 23.1 Å². The lowest BCUT2D eigenvalue weighted by atomic mass is 9.74. The number of hydrogen-bond donors (Lipinski definition) is 2. The smallest absolute Gasteiger partial charge is 0.192 e. The topological polar surface area (TPSA) is 85.6 Å². The predicted molar refractivity (Wildman–Crippen MR) is 118 cm³/mol. The van der Waals surface area contributed by atoms with Crippen LogP contribution in [0.1, 0.15) is 56.6 Å². The summed E-state index contributed by atoms with van der Waals surface area (Å²) in [7, 11) is 1.98. The summed E-state index contributed by atoms with van der Waals surface area (Å²) in [6.45, 7) is 4.95. The molecule has 0 radical (unpaired) electrons. The van der Waals surface area contributed by atoms with Gasteiger partial charge in [0.2, 0.25) is 0 Å². The Kier molecular flexibility index (Phi) is 7.54. The normalized spacial score (nSPS) is 26.6. The highest BCUT2D eigenvalue weighted by molar-refractivity contribution is 14.0. The molecule has 3 heterocycles. The second-order valence-electron chi connectivity index (χ2n) is 8.12. The molecule has 0 bridgehead atoms. The minimum Gasteiger partial charge on any atom is -0.376 e. The Morgan fingerprint density at radius 3 is 2.75 bits per heavy atom. The number of hydrogen-bond acceptors (Lipinski definition) is 5. The quantitative estimate of drug-likeness (QED) is 0.363. The largest absolute Gasteiger partial charge is 0.376 e.